The third-order valence-corrected chi connectivity index (χ3v) is 7.25. The molecule has 1 heteroatoms. The van der Waals surface area contributed by atoms with Crippen molar-refractivity contribution in [3.8, 4) is 0 Å². The van der Waals surface area contributed by atoms with Crippen molar-refractivity contribution in [1.82, 2.24) is 0 Å². The van der Waals surface area contributed by atoms with Crippen LogP contribution in [-0.4, -0.2) is 0 Å². The molecule has 0 aromatic heterocycles. The van der Waals surface area contributed by atoms with E-state index in [-0.39, 0.29) is 5.16 Å². The summed E-state index contributed by atoms with van der Waals surface area (Å²) in [5.41, 5.74) is 5.13. The van der Waals surface area contributed by atoms with E-state index in [4.69, 9.17) is 0 Å². The van der Waals surface area contributed by atoms with Gasteiger partial charge in [-0.25, -0.2) is 0 Å². The zero-order chi connectivity index (χ0) is 15.5. The summed E-state index contributed by atoms with van der Waals surface area (Å²) in [7, 11) is 0.893. The molecule has 2 unspecified atom stereocenters. The Morgan fingerprint density at radius 1 is 0.652 bits per heavy atom. The molecule has 4 rings (SSSR count). The van der Waals surface area contributed by atoms with Crippen LogP contribution in [0.3, 0.4) is 0 Å². The molecule has 114 valence electrons. The van der Waals surface area contributed by atoms with Crippen LogP contribution in [0.2, 0.25) is 0 Å². The summed E-state index contributed by atoms with van der Waals surface area (Å²) in [5.74, 6) is 0. The fourth-order valence-corrected chi connectivity index (χ4v) is 6.00. The smallest absolute Gasteiger partial charge is 0.0378 e. The quantitative estimate of drug-likeness (QED) is 0.509. The standard InChI is InChI=1S/C22H21P/c1-4-10-18(11-5-1)21-16-17-22(23-21,19-12-6-2-7-13-19)20-14-8-3-9-15-20/h1-15,21,23H,16-17H2. The molecule has 23 heavy (non-hydrogen) atoms. The van der Waals surface area contributed by atoms with Gasteiger partial charge in [0.25, 0.3) is 0 Å². The van der Waals surface area contributed by atoms with Crippen molar-refractivity contribution < 1.29 is 0 Å². The van der Waals surface area contributed by atoms with Crippen molar-refractivity contribution in [2.45, 2.75) is 23.7 Å². The summed E-state index contributed by atoms with van der Waals surface area (Å²) >= 11 is 0. The topological polar surface area (TPSA) is 0 Å². The Kier molecular flexibility index (Phi) is 4.02. The second kappa shape index (κ2) is 6.30. The van der Waals surface area contributed by atoms with Crippen molar-refractivity contribution in [2.75, 3.05) is 0 Å². The van der Waals surface area contributed by atoms with Gasteiger partial charge in [-0.05, 0) is 29.5 Å². The van der Waals surface area contributed by atoms with E-state index >= 15 is 0 Å². The molecule has 0 saturated carbocycles. The van der Waals surface area contributed by atoms with Crippen molar-refractivity contribution in [3.63, 3.8) is 0 Å². The van der Waals surface area contributed by atoms with E-state index in [1.54, 1.807) is 0 Å². The molecule has 1 aliphatic heterocycles. The average Bonchev–Trinajstić information content (AvgIpc) is 3.11. The molecule has 0 nitrogen and oxygen atoms in total. The Hall–Kier alpha value is -1.91. The van der Waals surface area contributed by atoms with Gasteiger partial charge >= 0.3 is 0 Å². The van der Waals surface area contributed by atoms with Gasteiger partial charge in [0.05, 0.1) is 0 Å². The molecule has 0 spiro atoms. The lowest BCUT2D eigenvalue weighted by Gasteiger charge is -2.31. The van der Waals surface area contributed by atoms with Gasteiger partial charge in [0.15, 0.2) is 0 Å². The third kappa shape index (κ3) is 2.73. The molecule has 1 fully saturated rings. The highest BCUT2D eigenvalue weighted by atomic mass is 31.1. The van der Waals surface area contributed by atoms with Gasteiger partial charge in [-0.2, -0.15) is 0 Å². The first-order valence-corrected chi connectivity index (χ1v) is 9.40. The van der Waals surface area contributed by atoms with Gasteiger partial charge in [0.1, 0.15) is 0 Å². The molecule has 1 saturated heterocycles. The lowest BCUT2D eigenvalue weighted by molar-refractivity contribution is 0.660. The molecule has 0 amide bonds. The number of hydrogen-bond donors (Lipinski definition) is 0. The maximum Gasteiger partial charge on any atom is 0.0378 e. The lowest BCUT2D eigenvalue weighted by Crippen LogP contribution is -2.18. The number of benzene rings is 3. The van der Waals surface area contributed by atoms with E-state index in [0.29, 0.717) is 5.66 Å². The first-order chi connectivity index (χ1) is 11.4. The van der Waals surface area contributed by atoms with Crippen LogP contribution in [0.4, 0.5) is 0 Å². The number of hydrogen-bond acceptors (Lipinski definition) is 0. The molecular formula is C22H21P. The monoisotopic (exact) mass is 316 g/mol. The second-order valence-corrected chi connectivity index (χ2v) is 8.12. The molecule has 0 radical (unpaired) electrons. The van der Waals surface area contributed by atoms with Gasteiger partial charge < -0.3 is 0 Å². The van der Waals surface area contributed by atoms with E-state index < -0.39 is 0 Å². The summed E-state index contributed by atoms with van der Waals surface area (Å²) in [6.07, 6.45) is 2.51. The van der Waals surface area contributed by atoms with Crippen molar-refractivity contribution in [1.29, 1.82) is 0 Å². The molecule has 0 aliphatic carbocycles. The highest BCUT2D eigenvalue weighted by Crippen LogP contribution is 2.64. The van der Waals surface area contributed by atoms with Gasteiger partial charge in [0.2, 0.25) is 0 Å². The molecule has 1 aliphatic rings. The SMILES string of the molecule is c1ccc(C2CCC(c3ccccc3)(c3ccccc3)P2)cc1. The molecule has 0 N–H and O–H groups in total. The zero-order valence-electron chi connectivity index (χ0n) is 13.2. The number of rotatable bonds is 3. The summed E-state index contributed by atoms with van der Waals surface area (Å²) in [4.78, 5) is 0. The van der Waals surface area contributed by atoms with E-state index in [2.05, 4.69) is 91.0 Å². The Bertz CT molecular complexity index is 710. The van der Waals surface area contributed by atoms with Crippen molar-refractivity contribution >= 4 is 8.58 Å². The van der Waals surface area contributed by atoms with Crippen LogP contribution in [0.25, 0.3) is 0 Å². The van der Waals surface area contributed by atoms with Crippen LogP contribution in [0.5, 0.6) is 0 Å². The summed E-state index contributed by atoms with van der Waals surface area (Å²) in [6.45, 7) is 0. The summed E-state index contributed by atoms with van der Waals surface area (Å²) < 4.78 is 0. The Morgan fingerprint density at radius 2 is 1.13 bits per heavy atom. The van der Waals surface area contributed by atoms with Crippen molar-refractivity contribution in [3.05, 3.63) is 108 Å². The van der Waals surface area contributed by atoms with E-state index in [9.17, 15) is 0 Å². The van der Waals surface area contributed by atoms with Crippen molar-refractivity contribution in [2.24, 2.45) is 0 Å². The zero-order valence-corrected chi connectivity index (χ0v) is 14.2. The minimum atomic E-state index is 0.184. The average molecular weight is 316 g/mol. The lowest BCUT2D eigenvalue weighted by atomic mass is 9.86. The third-order valence-electron chi connectivity index (χ3n) is 4.96. The molecule has 3 aromatic carbocycles. The minimum Gasteiger partial charge on any atom is -0.0985 e. The van der Waals surface area contributed by atoms with Crippen LogP contribution < -0.4 is 0 Å². The molecule has 2 atom stereocenters. The predicted octanol–water partition coefficient (Wildman–Crippen LogP) is 6.14. The summed E-state index contributed by atoms with van der Waals surface area (Å²) in [5, 5.41) is 0.184. The maximum absolute atomic E-state index is 2.31. The maximum atomic E-state index is 2.31. The summed E-state index contributed by atoms with van der Waals surface area (Å²) in [6, 6.07) is 33.3. The normalized spacial score (nSPS) is 20.6. The highest BCUT2D eigenvalue weighted by Gasteiger charge is 2.42. The fourth-order valence-electron chi connectivity index (χ4n) is 3.81. The second-order valence-electron chi connectivity index (χ2n) is 6.28. The Labute approximate surface area is 140 Å². The van der Waals surface area contributed by atoms with Crippen LogP contribution in [0, 0.1) is 0 Å². The predicted molar refractivity (Wildman–Crippen MR) is 100 cm³/mol. The molecule has 0 bridgehead atoms. The van der Waals surface area contributed by atoms with Crippen LogP contribution in [0.15, 0.2) is 91.0 Å². The van der Waals surface area contributed by atoms with E-state index in [1.165, 1.54) is 29.5 Å². The van der Waals surface area contributed by atoms with E-state index in [0.717, 1.165) is 8.58 Å². The van der Waals surface area contributed by atoms with Gasteiger partial charge in [-0.1, -0.05) is 99.6 Å². The van der Waals surface area contributed by atoms with Crippen LogP contribution in [-0.2, 0) is 5.16 Å². The molecular weight excluding hydrogens is 295 g/mol. The first kappa shape index (κ1) is 14.7. The molecule has 1 heterocycles. The highest BCUT2D eigenvalue weighted by molar-refractivity contribution is 7.40. The van der Waals surface area contributed by atoms with Gasteiger partial charge in [-0.15, -0.1) is 0 Å². The van der Waals surface area contributed by atoms with Crippen LogP contribution in [0.1, 0.15) is 35.2 Å². The van der Waals surface area contributed by atoms with Gasteiger partial charge in [0, 0.05) is 10.8 Å². The van der Waals surface area contributed by atoms with Crippen LogP contribution >= 0.6 is 8.58 Å². The van der Waals surface area contributed by atoms with E-state index in [1.807, 2.05) is 0 Å². The Balaban J connectivity index is 1.77. The largest absolute Gasteiger partial charge is 0.0985 e. The minimum absolute atomic E-state index is 0.184. The first-order valence-electron chi connectivity index (χ1n) is 8.32. The van der Waals surface area contributed by atoms with Gasteiger partial charge in [-0.3, -0.25) is 0 Å². The molecule has 3 aromatic rings. The fraction of sp³-hybridized carbons (Fsp3) is 0.182. The Morgan fingerprint density at radius 3 is 1.65 bits per heavy atom.